The zero-order valence-corrected chi connectivity index (χ0v) is 15.0. The van der Waals surface area contributed by atoms with E-state index in [4.69, 9.17) is 11.6 Å². The van der Waals surface area contributed by atoms with Gasteiger partial charge in [0.15, 0.2) is 0 Å². The van der Waals surface area contributed by atoms with Gasteiger partial charge < -0.3 is 10.2 Å². The van der Waals surface area contributed by atoms with Crippen molar-refractivity contribution in [2.24, 2.45) is 5.92 Å². The highest BCUT2D eigenvalue weighted by atomic mass is 35.5. The lowest BCUT2D eigenvalue weighted by Gasteiger charge is -2.35. The molecule has 9 heteroatoms. The number of amides is 1. The number of nitrogens with zero attached hydrogens (tertiary/aromatic N) is 2. The van der Waals surface area contributed by atoms with Gasteiger partial charge in [-0.3, -0.25) is 4.79 Å². The van der Waals surface area contributed by atoms with Gasteiger partial charge in [-0.25, -0.2) is 8.42 Å². The fraction of sp³-hybridized carbons (Fsp3) is 0.615. The summed E-state index contributed by atoms with van der Waals surface area (Å²) in [5.74, 6) is -0.0465. The second kappa shape index (κ2) is 7.27. The van der Waals surface area contributed by atoms with Gasteiger partial charge >= 0.3 is 0 Å². The number of hydrogen-bond donors (Lipinski definition) is 1. The minimum atomic E-state index is -3.50. The molecule has 1 aliphatic heterocycles. The number of halogens is 1. The van der Waals surface area contributed by atoms with Gasteiger partial charge in [0.05, 0.1) is 4.34 Å². The van der Waals surface area contributed by atoms with E-state index in [1.54, 1.807) is 18.0 Å². The number of rotatable bonds is 5. The van der Waals surface area contributed by atoms with E-state index >= 15 is 0 Å². The lowest BCUT2D eigenvalue weighted by Crippen LogP contribution is -2.52. The fourth-order valence-electron chi connectivity index (χ4n) is 2.42. The molecule has 1 atom stereocenters. The first-order chi connectivity index (χ1) is 10.4. The smallest absolute Gasteiger partial charge is 0.252 e. The maximum absolute atomic E-state index is 12.5. The molecule has 2 rings (SSSR count). The topological polar surface area (TPSA) is 69.7 Å². The lowest BCUT2D eigenvalue weighted by molar-refractivity contribution is -0.136. The predicted octanol–water partition coefficient (Wildman–Crippen LogP) is 1.09. The van der Waals surface area contributed by atoms with Crippen molar-refractivity contribution in [2.75, 3.05) is 39.8 Å². The van der Waals surface area contributed by atoms with E-state index in [2.05, 4.69) is 5.32 Å². The van der Waals surface area contributed by atoms with Crippen LogP contribution in [0.4, 0.5) is 0 Å². The Morgan fingerprint density at radius 1 is 1.36 bits per heavy atom. The van der Waals surface area contributed by atoms with Crippen LogP contribution < -0.4 is 5.32 Å². The summed E-state index contributed by atoms with van der Waals surface area (Å²) in [4.78, 5) is 14.0. The number of thiophene rings is 1. The molecule has 124 valence electrons. The molecular formula is C13H20ClN3O3S2. The number of carbonyl (C=O) groups excluding carboxylic acids is 1. The largest absolute Gasteiger partial charge is 0.340 e. The summed E-state index contributed by atoms with van der Waals surface area (Å²) >= 11 is 6.87. The van der Waals surface area contributed by atoms with Gasteiger partial charge in [0.2, 0.25) is 5.91 Å². The molecule has 1 aliphatic rings. The van der Waals surface area contributed by atoms with Crippen molar-refractivity contribution in [3.05, 3.63) is 16.5 Å². The van der Waals surface area contributed by atoms with Crippen LogP contribution in [0.25, 0.3) is 0 Å². The molecule has 1 aromatic heterocycles. The Morgan fingerprint density at radius 3 is 2.50 bits per heavy atom. The van der Waals surface area contributed by atoms with E-state index in [0.29, 0.717) is 37.1 Å². The summed E-state index contributed by atoms with van der Waals surface area (Å²) in [5.41, 5.74) is 0. The molecule has 0 radical (unpaired) electrons. The van der Waals surface area contributed by atoms with Crippen LogP contribution >= 0.6 is 22.9 Å². The monoisotopic (exact) mass is 365 g/mol. The molecule has 6 nitrogen and oxygen atoms in total. The molecule has 1 unspecified atom stereocenters. The van der Waals surface area contributed by atoms with Gasteiger partial charge in [0.1, 0.15) is 4.21 Å². The van der Waals surface area contributed by atoms with E-state index < -0.39 is 10.0 Å². The molecule has 0 bridgehead atoms. The van der Waals surface area contributed by atoms with E-state index in [-0.39, 0.29) is 16.0 Å². The Labute approximate surface area is 140 Å². The maximum atomic E-state index is 12.5. The third kappa shape index (κ3) is 3.80. The maximum Gasteiger partial charge on any atom is 0.252 e. The summed E-state index contributed by atoms with van der Waals surface area (Å²) in [6, 6.07) is 3.10. The van der Waals surface area contributed by atoms with Gasteiger partial charge in [-0.15, -0.1) is 11.3 Å². The number of hydrogen-bond acceptors (Lipinski definition) is 5. The van der Waals surface area contributed by atoms with Crippen LogP contribution in [0.2, 0.25) is 4.34 Å². The van der Waals surface area contributed by atoms with Crippen LogP contribution in [-0.2, 0) is 14.8 Å². The predicted molar refractivity (Wildman–Crippen MR) is 87.8 cm³/mol. The summed E-state index contributed by atoms with van der Waals surface area (Å²) in [5, 5.41) is 2.98. The third-order valence-electron chi connectivity index (χ3n) is 3.62. The molecule has 0 aliphatic carbocycles. The van der Waals surface area contributed by atoms with Gasteiger partial charge in [0, 0.05) is 38.6 Å². The molecule has 22 heavy (non-hydrogen) atoms. The fourth-order valence-corrected chi connectivity index (χ4v) is 5.48. The SMILES string of the molecule is CNCC(C)C(=O)N1CCN(S(=O)(=O)c2ccc(Cl)s2)CC1. The highest BCUT2D eigenvalue weighted by molar-refractivity contribution is 7.91. The lowest BCUT2D eigenvalue weighted by atomic mass is 10.1. The summed E-state index contributed by atoms with van der Waals surface area (Å²) in [7, 11) is -1.70. The molecule has 1 fully saturated rings. The second-order valence-corrected chi connectivity index (χ2v) is 9.13. The van der Waals surface area contributed by atoms with Gasteiger partial charge in [-0.05, 0) is 19.2 Å². The molecule has 0 aromatic carbocycles. The minimum absolute atomic E-state index is 0.0607. The van der Waals surface area contributed by atoms with Crippen molar-refractivity contribution >= 4 is 38.9 Å². The van der Waals surface area contributed by atoms with Crippen LogP contribution in [0.15, 0.2) is 16.3 Å². The highest BCUT2D eigenvalue weighted by Gasteiger charge is 2.32. The van der Waals surface area contributed by atoms with Crippen LogP contribution in [0.3, 0.4) is 0 Å². The van der Waals surface area contributed by atoms with Gasteiger partial charge in [-0.2, -0.15) is 4.31 Å². The van der Waals surface area contributed by atoms with E-state index in [9.17, 15) is 13.2 Å². The van der Waals surface area contributed by atoms with E-state index in [0.717, 1.165) is 11.3 Å². The third-order valence-corrected chi connectivity index (χ3v) is 7.22. The average Bonchev–Trinajstić information content (AvgIpc) is 2.94. The van der Waals surface area contributed by atoms with Crippen molar-refractivity contribution in [1.82, 2.24) is 14.5 Å². The molecule has 1 saturated heterocycles. The highest BCUT2D eigenvalue weighted by Crippen LogP contribution is 2.28. The average molecular weight is 366 g/mol. The van der Waals surface area contributed by atoms with Gasteiger partial charge in [0.25, 0.3) is 10.0 Å². The molecule has 0 saturated carbocycles. The van der Waals surface area contributed by atoms with Crippen LogP contribution in [0, 0.1) is 5.92 Å². The Bertz CT molecular complexity index is 624. The van der Waals surface area contributed by atoms with Gasteiger partial charge in [-0.1, -0.05) is 18.5 Å². The molecule has 1 aromatic rings. The van der Waals surface area contributed by atoms with Crippen molar-refractivity contribution in [3.8, 4) is 0 Å². The van der Waals surface area contributed by atoms with Crippen LogP contribution in [0.5, 0.6) is 0 Å². The minimum Gasteiger partial charge on any atom is -0.340 e. The van der Waals surface area contributed by atoms with Crippen LogP contribution in [0.1, 0.15) is 6.92 Å². The first-order valence-corrected chi connectivity index (χ1v) is 9.68. The number of carbonyl (C=O) groups is 1. The first-order valence-electron chi connectivity index (χ1n) is 7.05. The Balaban J connectivity index is 1.99. The van der Waals surface area contributed by atoms with Crippen molar-refractivity contribution in [3.63, 3.8) is 0 Å². The molecule has 0 spiro atoms. The Kier molecular flexibility index (Phi) is 5.84. The van der Waals surface area contributed by atoms with Crippen molar-refractivity contribution < 1.29 is 13.2 Å². The molecule has 1 N–H and O–H groups in total. The molecular weight excluding hydrogens is 346 g/mol. The summed E-state index contributed by atoms with van der Waals surface area (Å²) in [6.45, 7) is 3.96. The summed E-state index contributed by atoms with van der Waals surface area (Å²) < 4.78 is 27.1. The zero-order valence-electron chi connectivity index (χ0n) is 12.6. The standard InChI is InChI=1S/C13H20ClN3O3S2/c1-10(9-15-2)13(18)16-5-7-17(8-6-16)22(19,20)12-4-3-11(14)21-12/h3-4,10,15H,5-9H2,1-2H3. The zero-order chi connectivity index (χ0) is 16.3. The number of sulfonamides is 1. The van der Waals surface area contributed by atoms with Crippen molar-refractivity contribution in [2.45, 2.75) is 11.1 Å². The normalized spacial score (nSPS) is 18.4. The molecule has 1 amide bonds. The van der Waals surface area contributed by atoms with E-state index in [1.165, 1.54) is 10.4 Å². The van der Waals surface area contributed by atoms with Crippen molar-refractivity contribution in [1.29, 1.82) is 0 Å². The number of nitrogens with one attached hydrogen (secondary N) is 1. The Hall–Kier alpha value is -0.670. The quantitative estimate of drug-likeness (QED) is 0.848. The molecule has 2 heterocycles. The second-order valence-electron chi connectivity index (χ2n) is 5.25. The summed E-state index contributed by atoms with van der Waals surface area (Å²) in [6.07, 6.45) is 0. The van der Waals surface area contributed by atoms with E-state index in [1.807, 2.05) is 6.92 Å². The number of piperazine rings is 1. The Morgan fingerprint density at radius 2 is 2.00 bits per heavy atom. The first kappa shape index (κ1) is 17.7. The van der Waals surface area contributed by atoms with Crippen LogP contribution in [-0.4, -0.2) is 63.3 Å².